The molecule has 0 aromatic rings. The zero-order valence-corrected chi connectivity index (χ0v) is 5.18. The molecule has 0 aromatic heterocycles. The van der Waals surface area contributed by atoms with Gasteiger partial charge in [0.15, 0.2) is 5.72 Å². The molecule has 0 fully saturated rings. The van der Waals surface area contributed by atoms with Gasteiger partial charge in [-0.25, -0.2) is 0 Å². The van der Waals surface area contributed by atoms with E-state index in [4.69, 9.17) is 15.9 Å². The highest BCUT2D eigenvalue weighted by molar-refractivity contribution is 4.90. The molecule has 0 radical (unpaired) electrons. The number of hydrogen-bond donors (Lipinski definition) is 3. The molecular formula is C5H12NO2+. The number of aliphatic hydroxyl groups is 2. The van der Waals surface area contributed by atoms with Crippen molar-refractivity contribution in [1.82, 2.24) is 0 Å². The molecule has 3 heteroatoms. The normalized spacial score (nSPS) is 26.1. The summed E-state index contributed by atoms with van der Waals surface area (Å²) in [5.41, 5.74) is 1.96. The highest BCUT2D eigenvalue weighted by Gasteiger charge is 2.40. The van der Waals surface area contributed by atoms with Crippen LogP contribution in [0.4, 0.5) is 0 Å². The van der Waals surface area contributed by atoms with Gasteiger partial charge in [-0.3, -0.25) is 5.73 Å². The quantitative estimate of drug-likeness (QED) is 0.313. The van der Waals surface area contributed by atoms with E-state index in [2.05, 4.69) is 6.92 Å². The standard InChI is InChI=1S/C5H12NO2/c1-4(2,7)5(3,6)8/h7-8H,1,6H2,2-3H3/q+1. The summed E-state index contributed by atoms with van der Waals surface area (Å²) in [6, 6.07) is 0. The Hall–Kier alpha value is -0.250. The molecule has 0 saturated heterocycles. The van der Waals surface area contributed by atoms with E-state index in [9.17, 15) is 0 Å². The fourth-order valence-electron chi connectivity index (χ4n) is 0. The van der Waals surface area contributed by atoms with E-state index >= 15 is 0 Å². The van der Waals surface area contributed by atoms with Crippen molar-refractivity contribution in [2.45, 2.75) is 25.2 Å². The third-order valence-electron chi connectivity index (χ3n) is 1.09. The summed E-state index contributed by atoms with van der Waals surface area (Å²) in [7, 11) is 0. The predicted octanol–water partition coefficient (Wildman–Crippen LogP) is -0.761. The largest absolute Gasteiger partial charge is 0.369 e. The average Bonchev–Trinajstić information content (AvgIpc) is 1.25. The molecule has 2 unspecified atom stereocenters. The maximum atomic E-state index is 8.87. The van der Waals surface area contributed by atoms with Gasteiger partial charge in [0.1, 0.15) is 0 Å². The van der Waals surface area contributed by atoms with Crippen LogP contribution in [0.5, 0.6) is 0 Å². The van der Waals surface area contributed by atoms with Crippen LogP contribution >= 0.6 is 0 Å². The Morgan fingerprint density at radius 1 is 1.38 bits per heavy atom. The minimum Gasteiger partial charge on any atom is -0.369 e. The summed E-state index contributed by atoms with van der Waals surface area (Å²) in [5.74, 6) is 0. The first-order valence-electron chi connectivity index (χ1n) is 2.34. The van der Waals surface area contributed by atoms with Crippen molar-refractivity contribution in [3.8, 4) is 0 Å². The topological polar surface area (TPSA) is 66.5 Å². The SMILES string of the molecule is [CH2+]C(C)(O)C(C)(N)O. The number of rotatable bonds is 1. The van der Waals surface area contributed by atoms with Crippen LogP contribution in [0.3, 0.4) is 0 Å². The lowest BCUT2D eigenvalue weighted by Crippen LogP contribution is -2.55. The second-order valence-corrected chi connectivity index (χ2v) is 2.42. The zero-order chi connectivity index (χ0) is 7.00. The Kier molecular flexibility index (Phi) is 1.57. The monoisotopic (exact) mass is 118 g/mol. The third kappa shape index (κ3) is 1.69. The van der Waals surface area contributed by atoms with Crippen LogP contribution < -0.4 is 5.73 Å². The van der Waals surface area contributed by atoms with Gasteiger partial charge in [-0.15, -0.1) is 0 Å². The molecule has 4 N–H and O–H groups in total. The van der Waals surface area contributed by atoms with Gasteiger partial charge in [-0.1, -0.05) is 0 Å². The fraction of sp³-hybridized carbons (Fsp3) is 0.800. The summed E-state index contributed by atoms with van der Waals surface area (Å²) in [6.45, 7) is 5.85. The number of hydrogen-bond acceptors (Lipinski definition) is 3. The predicted molar refractivity (Wildman–Crippen MR) is 30.8 cm³/mol. The third-order valence-corrected chi connectivity index (χ3v) is 1.09. The zero-order valence-electron chi connectivity index (χ0n) is 5.18. The molecule has 0 rings (SSSR count). The van der Waals surface area contributed by atoms with Gasteiger partial charge in [0.25, 0.3) is 0 Å². The van der Waals surface area contributed by atoms with Crippen molar-refractivity contribution in [3.63, 3.8) is 0 Å². The molecule has 2 atom stereocenters. The Morgan fingerprint density at radius 3 is 1.50 bits per heavy atom. The van der Waals surface area contributed by atoms with Crippen LogP contribution in [0.15, 0.2) is 0 Å². The highest BCUT2D eigenvalue weighted by atomic mass is 16.4. The molecule has 0 spiro atoms. The molecule has 48 valence electrons. The van der Waals surface area contributed by atoms with E-state index in [-0.39, 0.29) is 0 Å². The minimum absolute atomic E-state index is 1.29. The van der Waals surface area contributed by atoms with E-state index in [1.54, 1.807) is 0 Å². The molecule has 0 bridgehead atoms. The van der Waals surface area contributed by atoms with E-state index in [0.717, 1.165) is 0 Å². The summed E-state index contributed by atoms with van der Waals surface area (Å²) in [5, 5.41) is 17.7. The fourth-order valence-corrected chi connectivity index (χ4v) is 0. The second-order valence-electron chi connectivity index (χ2n) is 2.42. The van der Waals surface area contributed by atoms with Crippen LogP contribution in [-0.2, 0) is 0 Å². The Bertz CT molecular complexity index is 65.4. The van der Waals surface area contributed by atoms with Gasteiger partial charge >= 0.3 is 0 Å². The van der Waals surface area contributed by atoms with Crippen LogP contribution in [0, 0.1) is 6.92 Å². The van der Waals surface area contributed by atoms with Gasteiger partial charge in [0.05, 0.1) is 6.92 Å². The molecule has 0 aliphatic heterocycles. The average molecular weight is 118 g/mol. The lowest BCUT2D eigenvalue weighted by atomic mass is 9.98. The van der Waals surface area contributed by atoms with Crippen LogP contribution in [0.2, 0.25) is 0 Å². The van der Waals surface area contributed by atoms with Gasteiger partial charge in [-0.2, -0.15) is 0 Å². The summed E-state index contributed by atoms with van der Waals surface area (Å²) in [6.07, 6.45) is 0. The first kappa shape index (κ1) is 7.75. The van der Waals surface area contributed by atoms with E-state index < -0.39 is 11.3 Å². The van der Waals surface area contributed by atoms with Gasteiger partial charge in [-0.05, 0) is 6.92 Å². The van der Waals surface area contributed by atoms with E-state index in [1.807, 2.05) is 0 Å². The van der Waals surface area contributed by atoms with Crippen molar-refractivity contribution in [3.05, 3.63) is 6.92 Å². The summed E-state index contributed by atoms with van der Waals surface area (Å²) < 4.78 is 0. The lowest BCUT2D eigenvalue weighted by Gasteiger charge is -2.24. The maximum absolute atomic E-state index is 8.87. The van der Waals surface area contributed by atoms with Crippen molar-refractivity contribution >= 4 is 0 Å². The molecule has 0 aliphatic rings. The van der Waals surface area contributed by atoms with Gasteiger partial charge in [0, 0.05) is 6.92 Å². The van der Waals surface area contributed by atoms with Crippen molar-refractivity contribution < 1.29 is 10.2 Å². The van der Waals surface area contributed by atoms with Crippen molar-refractivity contribution in [1.29, 1.82) is 0 Å². The molecule has 0 amide bonds. The maximum Gasteiger partial charge on any atom is 0.241 e. The lowest BCUT2D eigenvalue weighted by molar-refractivity contribution is -0.0986. The van der Waals surface area contributed by atoms with Crippen LogP contribution in [0.25, 0.3) is 0 Å². The smallest absolute Gasteiger partial charge is 0.241 e. The molecule has 0 heterocycles. The van der Waals surface area contributed by atoms with Crippen LogP contribution in [-0.4, -0.2) is 21.5 Å². The van der Waals surface area contributed by atoms with Gasteiger partial charge in [0.2, 0.25) is 5.60 Å². The first-order chi connectivity index (χ1) is 3.25. The van der Waals surface area contributed by atoms with E-state index in [1.165, 1.54) is 13.8 Å². The minimum atomic E-state index is -1.62. The summed E-state index contributed by atoms with van der Waals surface area (Å²) >= 11 is 0. The van der Waals surface area contributed by atoms with Crippen molar-refractivity contribution in [2.75, 3.05) is 0 Å². The summed E-state index contributed by atoms with van der Waals surface area (Å²) in [4.78, 5) is 0. The molecular weight excluding hydrogens is 106 g/mol. The van der Waals surface area contributed by atoms with Crippen LogP contribution in [0.1, 0.15) is 13.8 Å². The second kappa shape index (κ2) is 1.62. The molecule has 0 aliphatic carbocycles. The van der Waals surface area contributed by atoms with Gasteiger partial charge < -0.3 is 10.2 Å². The number of nitrogens with two attached hydrogens (primary N) is 1. The van der Waals surface area contributed by atoms with E-state index in [0.29, 0.717) is 0 Å². The molecule has 8 heavy (non-hydrogen) atoms. The van der Waals surface area contributed by atoms with Crippen molar-refractivity contribution in [2.24, 2.45) is 5.73 Å². The Labute approximate surface area is 49.1 Å². The molecule has 0 aromatic carbocycles. The highest BCUT2D eigenvalue weighted by Crippen LogP contribution is 2.13. The Morgan fingerprint density at radius 2 is 1.50 bits per heavy atom. The molecule has 3 nitrogen and oxygen atoms in total. The Balaban J connectivity index is 4.02. The first-order valence-corrected chi connectivity index (χ1v) is 2.34. The molecule has 0 saturated carbocycles.